The number of hydrogen-bond donors (Lipinski definition) is 2. The third kappa shape index (κ3) is 4.25. The first-order chi connectivity index (χ1) is 19.9. The highest BCUT2D eigenvalue weighted by atomic mass is 35.5. The van der Waals surface area contributed by atoms with E-state index in [4.69, 9.17) is 32.9 Å². The van der Waals surface area contributed by atoms with Gasteiger partial charge in [0.15, 0.2) is 0 Å². The number of amides is 1. The molecule has 204 valence electrons. The predicted molar refractivity (Wildman–Crippen MR) is 160 cm³/mol. The lowest BCUT2D eigenvalue weighted by atomic mass is 10.0. The van der Waals surface area contributed by atoms with E-state index in [1.54, 1.807) is 40.8 Å². The average Bonchev–Trinajstić information content (AvgIpc) is 3.65. The Kier molecular flexibility index (Phi) is 6.06. The molecular weight excluding hydrogens is 563 g/mol. The summed E-state index contributed by atoms with van der Waals surface area (Å²) in [6.07, 6.45) is 5.36. The van der Waals surface area contributed by atoms with Crippen molar-refractivity contribution in [3.05, 3.63) is 111 Å². The van der Waals surface area contributed by atoms with Gasteiger partial charge in [-0.05, 0) is 35.9 Å². The molecule has 9 nitrogen and oxygen atoms in total. The number of fused-ring (bicyclic) bond motifs is 5. The van der Waals surface area contributed by atoms with E-state index in [1.807, 2.05) is 54.6 Å². The van der Waals surface area contributed by atoms with Crippen LogP contribution in [0.25, 0.3) is 27.5 Å². The highest BCUT2D eigenvalue weighted by molar-refractivity contribution is 6.39. The van der Waals surface area contributed by atoms with Crippen LogP contribution in [0.5, 0.6) is 0 Å². The van der Waals surface area contributed by atoms with Crippen molar-refractivity contribution < 1.29 is 9.53 Å². The zero-order chi connectivity index (χ0) is 28.2. The minimum atomic E-state index is -0.432. The van der Waals surface area contributed by atoms with Crippen molar-refractivity contribution in [2.45, 2.75) is 18.7 Å². The summed E-state index contributed by atoms with van der Waals surface area (Å²) in [6.45, 7) is 0.177. The number of nitrogens with zero attached hydrogens (tertiary/aromatic N) is 4. The van der Waals surface area contributed by atoms with Crippen LogP contribution >= 0.6 is 23.2 Å². The molecule has 2 bridgehead atoms. The Balaban J connectivity index is 1.20. The summed E-state index contributed by atoms with van der Waals surface area (Å²) in [5.74, 6) is 0.875. The van der Waals surface area contributed by atoms with Gasteiger partial charge in [0.1, 0.15) is 12.4 Å². The van der Waals surface area contributed by atoms with Gasteiger partial charge in [-0.3, -0.25) is 9.69 Å². The van der Waals surface area contributed by atoms with Gasteiger partial charge in [-0.25, -0.2) is 14.8 Å². The Morgan fingerprint density at radius 2 is 1.76 bits per heavy atom. The zero-order valence-electron chi connectivity index (χ0n) is 21.6. The lowest BCUT2D eigenvalue weighted by Crippen LogP contribution is -2.37. The fourth-order valence-electron chi connectivity index (χ4n) is 5.42. The fourth-order valence-corrected chi connectivity index (χ4v) is 5.91. The molecule has 0 spiro atoms. The summed E-state index contributed by atoms with van der Waals surface area (Å²) in [5.41, 5.74) is 3.59. The number of aromatic amines is 1. The molecule has 2 aromatic heterocycles. The van der Waals surface area contributed by atoms with Crippen LogP contribution in [0.3, 0.4) is 0 Å². The first-order valence-corrected chi connectivity index (χ1v) is 13.6. The molecule has 2 atom stereocenters. The van der Waals surface area contributed by atoms with E-state index in [0.717, 1.165) is 11.1 Å². The average molecular weight is 585 g/mol. The first-order valence-electron chi connectivity index (χ1n) is 12.9. The molecule has 2 aliphatic rings. The van der Waals surface area contributed by atoms with Crippen molar-refractivity contribution in [1.29, 1.82) is 0 Å². The SMILES string of the molecule is Cn1c(Nc2c(Cl)cccc2Cl)nc2ccc3nc(C4=CC5C=CC4N5C(=O)OCc4ccccc4)[nH]c(=O)c3c21. The number of H-pyrrole nitrogens is 1. The summed E-state index contributed by atoms with van der Waals surface area (Å²) in [5, 5.41) is 4.48. The van der Waals surface area contributed by atoms with Crippen molar-refractivity contribution in [3.8, 4) is 0 Å². The molecular formula is C30H22Cl2N6O3. The number of nitrogens with one attached hydrogen (secondary N) is 2. The Hall–Kier alpha value is -4.60. The van der Waals surface area contributed by atoms with Gasteiger partial charge in [-0.1, -0.05) is 71.8 Å². The van der Waals surface area contributed by atoms with Gasteiger partial charge in [0.2, 0.25) is 5.95 Å². The number of benzene rings is 3. The summed E-state index contributed by atoms with van der Waals surface area (Å²) >= 11 is 12.7. The fraction of sp³-hybridized carbons (Fsp3) is 0.133. The lowest BCUT2D eigenvalue weighted by Gasteiger charge is -2.23. The van der Waals surface area contributed by atoms with Gasteiger partial charge < -0.3 is 19.6 Å². The van der Waals surface area contributed by atoms with Gasteiger partial charge >= 0.3 is 6.09 Å². The number of aryl methyl sites for hydroxylation is 1. The van der Waals surface area contributed by atoms with Gasteiger partial charge in [0.25, 0.3) is 5.56 Å². The van der Waals surface area contributed by atoms with Crippen molar-refractivity contribution >= 4 is 68.4 Å². The predicted octanol–water partition coefficient (Wildman–Crippen LogP) is 6.20. The number of aromatic nitrogens is 4. The molecule has 2 aliphatic heterocycles. The first kappa shape index (κ1) is 25.4. The standard InChI is InChI=1S/C30H22Cl2N6O3/c1-37-26-22(34-29(37)35-25-19(31)8-5-9-20(25)32)12-11-21-24(26)28(39)36-27(33-21)18-14-17-10-13-23(18)38(17)30(40)41-15-16-6-3-2-4-7-16/h2-14,17,23H,15H2,1H3,(H,34,35)(H,33,36,39). The van der Waals surface area contributed by atoms with Crippen LogP contribution in [-0.4, -0.2) is 42.6 Å². The summed E-state index contributed by atoms with van der Waals surface area (Å²) in [7, 11) is 1.80. The van der Waals surface area contributed by atoms with E-state index in [-0.39, 0.29) is 24.2 Å². The van der Waals surface area contributed by atoms with Gasteiger partial charge in [-0.15, -0.1) is 0 Å². The second kappa shape index (κ2) is 9.79. The minimum Gasteiger partial charge on any atom is -0.445 e. The highest BCUT2D eigenvalue weighted by Gasteiger charge is 2.42. The summed E-state index contributed by atoms with van der Waals surface area (Å²) in [4.78, 5) is 40.6. The normalized spacial score (nSPS) is 17.4. The molecule has 3 aromatic carbocycles. The largest absolute Gasteiger partial charge is 0.445 e. The number of carbonyl (C=O) groups excluding carboxylic acids is 1. The quantitative estimate of drug-likeness (QED) is 0.238. The molecule has 0 saturated carbocycles. The molecule has 0 aliphatic carbocycles. The molecule has 2 unspecified atom stereocenters. The van der Waals surface area contributed by atoms with E-state index in [2.05, 4.69) is 15.3 Å². The molecule has 0 fully saturated rings. The summed E-state index contributed by atoms with van der Waals surface area (Å²) in [6, 6.07) is 17.7. The highest BCUT2D eigenvalue weighted by Crippen LogP contribution is 2.38. The van der Waals surface area contributed by atoms with E-state index in [1.165, 1.54) is 0 Å². The van der Waals surface area contributed by atoms with Crippen molar-refractivity contribution in [1.82, 2.24) is 24.4 Å². The van der Waals surface area contributed by atoms with Crippen LogP contribution in [0.1, 0.15) is 11.4 Å². The summed E-state index contributed by atoms with van der Waals surface area (Å²) < 4.78 is 7.36. The van der Waals surface area contributed by atoms with Crippen LogP contribution < -0.4 is 10.9 Å². The zero-order valence-corrected chi connectivity index (χ0v) is 23.1. The van der Waals surface area contributed by atoms with E-state index in [0.29, 0.717) is 49.4 Å². The number of hydrogen-bond acceptors (Lipinski definition) is 6. The Labute approximate surface area is 243 Å². The van der Waals surface area contributed by atoms with Gasteiger partial charge in [0.05, 0.1) is 49.8 Å². The maximum atomic E-state index is 13.5. The molecule has 2 N–H and O–H groups in total. The maximum Gasteiger partial charge on any atom is 0.411 e. The number of imidazole rings is 1. The van der Waals surface area contributed by atoms with E-state index in [9.17, 15) is 9.59 Å². The minimum absolute atomic E-state index is 0.177. The number of ether oxygens (including phenoxy) is 1. The molecule has 0 saturated heterocycles. The molecule has 41 heavy (non-hydrogen) atoms. The number of para-hydroxylation sites is 1. The molecule has 7 rings (SSSR count). The second-order valence-electron chi connectivity index (χ2n) is 9.85. The molecule has 5 aromatic rings. The molecule has 1 amide bonds. The van der Waals surface area contributed by atoms with E-state index < -0.39 is 6.09 Å². The van der Waals surface area contributed by atoms with Crippen molar-refractivity contribution in [2.75, 3.05) is 5.32 Å². The number of rotatable bonds is 5. The monoisotopic (exact) mass is 584 g/mol. The number of halogens is 2. The maximum absolute atomic E-state index is 13.5. The van der Waals surface area contributed by atoms with Crippen LogP contribution in [0.15, 0.2) is 83.7 Å². The number of anilines is 2. The lowest BCUT2D eigenvalue weighted by molar-refractivity contribution is 0.0965. The van der Waals surface area contributed by atoms with Crippen LogP contribution in [0.2, 0.25) is 10.0 Å². The smallest absolute Gasteiger partial charge is 0.411 e. The van der Waals surface area contributed by atoms with Crippen LogP contribution in [-0.2, 0) is 18.4 Å². The Morgan fingerprint density at radius 3 is 2.54 bits per heavy atom. The topological polar surface area (TPSA) is 105 Å². The third-order valence-corrected chi connectivity index (χ3v) is 8.00. The molecule has 4 heterocycles. The molecule has 11 heteroatoms. The van der Waals surface area contributed by atoms with Crippen LogP contribution in [0, 0.1) is 0 Å². The second-order valence-corrected chi connectivity index (χ2v) is 10.7. The van der Waals surface area contributed by atoms with Crippen molar-refractivity contribution in [3.63, 3.8) is 0 Å². The van der Waals surface area contributed by atoms with E-state index >= 15 is 0 Å². The van der Waals surface area contributed by atoms with Crippen LogP contribution in [0.4, 0.5) is 16.4 Å². The Bertz CT molecular complexity index is 1960. The molecule has 0 radical (unpaired) electrons. The third-order valence-electron chi connectivity index (χ3n) is 7.37. The Morgan fingerprint density at radius 1 is 1.00 bits per heavy atom. The van der Waals surface area contributed by atoms with Gasteiger partial charge in [-0.2, -0.15) is 0 Å². The number of carbonyl (C=O) groups is 1. The van der Waals surface area contributed by atoms with Gasteiger partial charge in [0, 0.05) is 12.6 Å². The van der Waals surface area contributed by atoms with Crippen molar-refractivity contribution in [2.24, 2.45) is 7.05 Å².